The third-order valence-electron chi connectivity index (χ3n) is 4.80. The average molecular weight is 480 g/mol. The molecule has 2 heterocycles. The van der Waals surface area contributed by atoms with E-state index in [2.05, 4.69) is 15.4 Å². The van der Waals surface area contributed by atoms with Crippen LogP contribution in [0, 0.1) is 6.92 Å². The zero-order valence-electron chi connectivity index (χ0n) is 16.7. The van der Waals surface area contributed by atoms with Crippen LogP contribution in [0.5, 0.6) is 0 Å². The van der Waals surface area contributed by atoms with E-state index in [0.717, 1.165) is 5.43 Å². The highest BCUT2D eigenvalue weighted by Gasteiger charge is 2.76. The highest BCUT2D eigenvalue weighted by Crippen LogP contribution is 2.46. The number of hydrogen-bond donors (Lipinski definition) is 2. The normalized spacial score (nSPS) is 15.8. The van der Waals surface area contributed by atoms with Crippen LogP contribution in [0.3, 0.4) is 0 Å². The van der Waals surface area contributed by atoms with Gasteiger partial charge >= 0.3 is 23.9 Å². The van der Waals surface area contributed by atoms with E-state index in [-0.39, 0.29) is 34.8 Å². The third-order valence-corrected chi connectivity index (χ3v) is 4.80. The summed E-state index contributed by atoms with van der Waals surface area (Å²) in [6.07, 6.45) is -3.09. The Balaban J connectivity index is 1.85. The van der Waals surface area contributed by atoms with Crippen LogP contribution in [0.4, 0.5) is 36.4 Å². The average Bonchev–Trinajstić information content (AvgIpc) is 3.09. The number of nitrogens with one attached hydrogen (secondary N) is 2. The predicted molar refractivity (Wildman–Crippen MR) is 99.2 cm³/mol. The van der Waals surface area contributed by atoms with E-state index in [1.54, 1.807) is 0 Å². The summed E-state index contributed by atoms with van der Waals surface area (Å²) in [4.78, 5) is 27.8. The third kappa shape index (κ3) is 4.41. The van der Waals surface area contributed by atoms with Crippen LogP contribution < -0.4 is 10.7 Å². The Bertz CT molecular complexity index is 1090. The fraction of sp³-hybridized carbons (Fsp3) is 0.368. The van der Waals surface area contributed by atoms with Gasteiger partial charge in [0.15, 0.2) is 5.76 Å². The summed E-state index contributed by atoms with van der Waals surface area (Å²) in [5, 5.41) is 5.89. The molecule has 0 saturated carbocycles. The van der Waals surface area contributed by atoms with Crippen molar-refractivity contribution in [3.05, 3.63) is 47.2 Å². The zero-order valence-corrected chi connectivity index (χ0v) is 16.7. The second-order valence-electron chi connectivity index (χ2n) is 7.04. The molecule has 0 radical (unpaired) electrons. The molecule has 0 aromatic carbocycles. The largest absolute Gasteiger partial charge is 0.460 e. The van der Waals surface area contributed by atoms with Crippen molar-refractivity contribution in [1.29, 1.82) is 0 Å². The molecule has 2 N–H and O–H groups in total. The molecule has 2 amide bonds. The molecular weight excluding hydrogens is 465 g/mol. The van der Waals surface area contributed by atoms with Crippen molar-refractivity contribution < 1.29 is 44.7 Å². The molecule has 0 saturated heterocycles. The highest BCUT2D eigenvalue weighted by atomic mass is 19.4. The van der Waals surface area contributed by atoms with Crippen LogP contribution >= 0.6 is 0 Å². The Labute approximate surface area is 181 Å². The summed E-state index contributed by atoms with van der Waals surface area (Å²) in [7, 11) is 0. The molecule has 0 bridgehead atoms. The van der Waals surface area contributed by atoms with Crippen molar-refractivity contribution in [2.24, 2.45) is 5.10 Å². The Morgan fingerprint density at radius 1 is 1.06 bits per heavy atom. The molecule has 1 aliphatic rings. The molecule has 3 rings (SSSR count). The number of furan rings is 1. The van der Waals surface area contributed by atoms with E-state index in [0.29, 0.717) is 18.5 Å². The minimum absolute atomic E-state index is 0.0559. The van der Waals surface area contributed by atoms with Gasteiger partial charge in [-0.1, -0.05) is 0 Å². The van der Waals surface area contributed by atoms with Crippen LogP contribution in [0.1, 0.15) is 40.3 Å². The molecule has 2 aromatic heterocycles. The van der Waals surface area contributed by atoms with Gasteiger partial charge in [0.25, 0.3) is 5.91 Å². The standard InChI is InChI=1S/C19H15F7N4O3/c1-9-13-11(29-30-16(32)17(20,21)18(22,23)19(24,25)26)3-2-4-12(13)33-14(9)15(31)28-10-5-7-27-8-6-10/h5-8H,2-4H2,1H3,(H,30,32)(H,27,28,31)/b29-11+. The number of aryl methyl sites for hydroxylation is 1. The fourth-order valence-corrected chi connectivity index (χ4v) is 3.13. The summed E-state index contributed by atoms with van der Waals surface area (Å²) in [5.41, 5.74) is 1.77. The maximum atomic E-state index is 13.5. The van der Waals surface area contributed by atoms with Gasteiger partial charge < -0.3 is 9.73 Å². The summed E-state index contributed by atoms with van der Waals surface area (Å²) < 4.78 is 95.5. The van der Waals surface area contributed by atoms with Crippen molar-refractivity contribution in [2.75, 3.05) is 5.32 Å². The van der Waals surface area contributed by atoms with Gasteiger partial charge in [-0.05, 0) is 31.9 Å². The second-order valence-corrected chi connectivity index (χ2v) is 7.04. The van der Waals surface area contributed by atoms with E-state index in [4.69, 9.17) is 4.42 Å². The molecule has 14 heteroatoms. The molecule has 2 aromatic rings. The van der Waals surface area contributed by atoms with E-state index in [9.17, 15) is 40.3 Å². The van der Waals surface area contributed by atoms with Crippen LogP contribution in [0.25, 0.3) is 0 Å². The molecule has 0 spiro atoms. The minimum Gasteiger partial charge on any atom is -0.455 e. The van der Waals surface area contributed by atoms with E-state index >= 15 is 0 Å². The van der Waals surface area contributed by atoms with Crippen molar-refractivity contribution in [2.45, 2.75) is 44.2 Å². The van der Waals surface area contributed by atoms with Gasteiger partial charge in [-0.3, -0.25) is 14.6 Å². The smallest absolute Gasteiger partial charge is 0.455 e. The van der Waals surface area contributed by atoms with Crippen LogP contribution in [0.15, 0.2) is 34.0 Å². The topological polar surface area (TPSA) is 96.6 Å². The first-order chi connectivity index (χ1) is 15.3. The van der Waals surface area contributed by atoms with Crippen molar-refractivity contribution in [3.63, 3.8) is 0 Å². The lowest BCUT2D eigenvalue weighted by molar-refractivity contribution is -0.344. The predicted octanol–water partition coefficient (Wildman–Crippen LogP) is 4.22. The van der Waals surface area contributed by atoms with Gasteiger partial charge in [-0.15, -0.1) is 0 Å². The lowest BCUT2D eigenvalue weighted by Gasteiger charge is -2.26. The number of carbonyl (C=O) groups excluding carboxylic acids is 2. The highest BCUT2D eigenvalue weighted by molar-refractivity contribution is 6.09. The SMILES string of the molecule is Cc1c(C(=O)Nc2ccncc2)oc2c1/C(=N/NC(=O)C(F)(F)C(F)(F)C(F)(F)F)CCC2. The van der Waals surface area contributed by atoms with Crippen LogP contribution in [-0.4, -0.2) is 40.5 Å². The Hall–Kier alpha value is -3.45. The van der Waals surface area contributed by atoms with Crippen molar-refractivity contribution in [1.82, 2.24) is 10.4 Å². The quantitative estimate of drug-likeness (QED) is 0.495. The van der Waals surface area contributed by atoms with E-state index < -0.39 is 29.8 Å². The number of anilines is 1. The first-order valence-corrected chi connectivity index (χ1v) is 9.30. The molecule has 7 nitrogen and oxygen atoms in total. The number of alkyl halides is 7. The molecule has 0 fully saturated rings. The molecule has 0 atom stereocenters. The minimum atomic E-state index is -6.66. The van der Waals surface area contributed by atoms with Crippen LogP contribution in [-0.2, 0) is 11.2 Å². The number of nitrogens with zero attached hydrogens (tertiary/aromatic N) is 2. The van der Waals surface area contributed by atoms with E-state index in [1.165, 1.54) is 31.5 Å². The molecule has 1 aliphatic carbocycles. The van der Waals surface area contributed by atoms with Crippen molar-refractivity contribution in [3.8, 4) is 0 Å². The monoisotopic (exact) mass is 480 g/mol. The lowest BCUT2D eigenvalue weighted by Crippen LogP contribution is -2.58. The van der Waals surface area contributed by atoms with Crippen LogP contribution in [0.2, 0.25) is 0 Å². The lowest BCUT2D eigenvalue weighted by atomic mass is 9.93. The number of fused-ring (bicyclic) bond motifs is 1. The first kappa shape index (κ1) is 24.2. The summed E-state index contributed by atoms with van der Waals surface area (Å²) in [5.74, 6) is -16.2. The number of carbonyl (C=O) groups is 2. The van der Waals surface area contributed by atoms with Gasteiger partial charge in [0, 0.05) is 35.6 Å². The number of halogens is 7. The molecular formula is C19H15F7N4O3. The van der Waals surface area contributed by atoms with Gasteiger partial charge in [0.1, 0.15) is 5.76 Å². The number of rotatable bonds is 5. The van der Waals surface area contributed by atoms with Gasteiger partial charge in [0.05, 0.1) is 5.71 Å². The number of hydrogen-bond acceptors (Lipinski definition) is 5. The first-order valence-electron chi connectivity index (χ1n) is 9.30. The number of aromatic nitrogens is 1. The van der Waals surface area contributed by atoms with Gasteiger partial charge in [0.2, 0.25) is 0 Å². The maximum Gasteiger partial charge on any atom is 0.460 e. The maximum absolute atomic E-state index is 13.5. The van der Waals surface area contributed by atoms with Gasteiger partial charge in [-0.2, -0.15) is 35.8 Å². The van der Waals surface area contributed by atoms with Crippen molar-refractivity contribution >= 4 is 23.2 Å². The molecule has 0 aliphatic heterocycles. The Morgan fingerprint density at radius 3 is 2.30 bits per heavy atom. The summed E-state index contributed by atoms with van der Waals surface area (Å²) in [6, 6.07) is 3.02. The van der Waals surface area contributed by atoms with E-state index in [1.807, 2.05) is 0 Å². The summed E-state index contributed by atoms with van der Waals surface area (Å²) in [6.45, 7) is 1.44. The zero-order chi connectivity index (χ0) is 24.6. The number of hydrazone groups is 1. The number of amides is 2. The summed E-state index contributed by atoms with van der Waals surface area (Å²) >= 11 is 0. The fourth-order valence-electron chi connectivity index (χ4n) is 3.13. The molecule has 178 valence electrons. The number of pyridine rings is 1. The Morgan fingerprint density at radius 2 is 1.70 bits per heavy atom. The molecule has 0 unspecified atom stereocenters. The second kappa shape index (κ2) is 8.48. The molecule has 33 heavy (non-hydrogen) atoms. The van der Waals surface area contributed by atoms with Gasteiger partial charge in [-0.25, -0.2) is 5.43 Å². The Kier molecular flexibility index (Phi) is 6.22.